The van der Waals surface area contributed by atoms with E-state index in [0.717, 1.165) is 12.8 Å². The highest BCUT2D eigenvalue weighted by Gasteiger charge is 2.33. The molecule has 0 saturated carbocycles. The van der Waals surface area contributed by atoms with Gasteiger partial charge in [0.25, 0.3) is 11.5 Å². The molecule has 29 heavy (non-hydrogen) atoms. The number of hydrogen-bond acceptors (Lipinski definition) is 6. The molecule has 0 bridgehead atoms. The molecule has 2 amide bonds. The van der Waals surface area contributed by atoms with Crippen LogP contribution in [0.3, 0.4) is 0 Å². The number of aromatic nitrogens is 2. The number of thiophene rings is 1. The molecule has 0 aromatic carbocycles. The van der Waals surface area contributed by atoms with Crippen LogP contribution in [0.15, 0.2) is 22.3 Å². The average molecular weight is 417 g/mol. The topological polar surface area (TPSA) is 95.6 Å². The second-order valence-corrected chi connectivity index (χ2v) is 8.27. The number of rotatable bonds is 5. The number of likely N-dealkylation sites (tertiary alicyclic amines) is 1. The zero-order valence-electron chi connectivity index (χ0n) is 16.3. The van der Waals surface area contributed by atoms with Gasteiger partial charge in [-0.05, 0) is 30.7 Å². The highest BCUT2D eigenvalue weighted by molar-refractivity contribution is 7.12. The first kappa shape index (κ1) is 19.8. The number of carbonyl (C=O) groups excluding carboxylic acids is 2. The predicted molar refractivity (Wildman–Crippen MR) is 108 cm³/mol. The summed E-state index contributed by atoms with van der Waals surface area (Å²) >= 11 is 1.41. The van der Waals surface area contributed by atoms with Crippen molar-refractivity contribution in [3.63, 3.8) is 0 Å². The zero-order chi connectivity index (χ0) is 20.4. The summed E-state index contributed by atoms with van der Waals surface area (Å²) in [6.45, 7) is 1.83. The van der Waals surface area contributed by atoms with Gasteiger partial charge in [0.05, 0.1) is 36.2 Å². The first-order valence-electron chi connectivity index (χ1n) is 9.81. The van der Waals surface area contributed by atoms with Gasteiger partial charge in [0, 0.05) is 25.8 Å². The number of aromatic amines is 1. The van der Waals surface area contributed by atoms with Crippen LogP contribution in [-0.2, 0) is 22.5 Å². The summed E-state index contributed by atoms with van der Waals surface area (Å²) in [6, 6.07) is 3.42. The molecular formula is C20H24N4O4S. The molecule has 154 valence electrons. The van der Waals surface area contributed by atoms with Gasteiger partial charge in [-0.15, -0.1) is 11.3 Å². The first-order chi connectivity index (χ1) is 14.1. The number of nitrogens with zero attached hydrogens (tertiary/aromatic N) is 3. The van der Waals surface area contributed by atoms with E-state index in [1.54, 1.807) is 23.0 Å². The summed E-state index contributed by atoms with van der Waals surface area (Å²) in [5.74, 6) is 0.484. The fourth-order valence-corrected chi connectivity index (χ4v) is 4.72. The molecule has 0 aliphatic carbocycles. The van der Waals surface area contributed by atoms with E-state index in [4.69, 9.17) is 9.72 Å². The number of fused-ring (bicyclic) bond motifs is 1. The normalized spacial score (nSPS) is 18.7. The van der Waals surface area contributed by atoms with E-state index in [-0.39, 0.29) is 23.4 Å². The van der Waals surface area contributed by atoms with Gasteiger partial charge in [-0.1, -0.05) is 6.07 Å². The van der Waals surface area contributed by atoms with Crippen LogP contribution in [0, 0.1) is 0 Å². The van der Waals surface area contributed by atoms with E-state index < -0.39 is 0 Å². The molecule has 9 heteroatoms. The van der Waals surface area contributed by atoms with Gasteiger partial charge >= 0.3 is 0 Å². The van der Waals surface area contributed by atoms with Gasteiger partial charge in [0.15, 0.2) is 0 Å². The Bertz CT molecular complexity index is 956. The lowest BCUT2D eigenvalue weighted by molar-refractivity contribution is -0.133. The molecule has 1 N–H and O–H groups in total. The van der Waals surface area contributed by atoms with Crippen LogP contribution in [0.5, 0.6) is 0 Å². The van der Waals surface area contributed by atoms with Crippen LogP contribution in [0.2, 0.25) is 0 Å². The van der Waals surface area contributed by atoms with Gasteiger partial charge in [-0.3, -0.25) is 14.4 Å². The molecule has 1 atom stereocenters. The molecule has 4 heterocycles. The third-order valence-corrected chi connectivity index (χ3v) is 6.38. The Hall–Kier alpha value is -2.52. The Morgan fingerprint density at radius 2 is 2.24 bits per heavy atom. The van der Waals surface area contributed by atoms with Crippen molar-refractivity contribution in [1.82, 2.24) is 19.8 Å². The Balaban J connectivity index is 1.57. The molecule has 2 aliphatic rings. The average Bonchev–Trinajstić information content (AvgIpc) is 3.43. The minimum absolute atomic E-state index is 0.00391. The minimum Gasteiger partial charge on any atom is -0.384 e. The van der Waals surface area contributed by atoms with Crippen LogP contribution in [-0.4, -0.2) is 58.4 Å². The summed E-state index contributed by atoms with van der Waals surface area (Å²) in [5, 5.41) is 1.88. The zero-order valence-corrected chi connectivity index (χ0v) is 17.2. The summed E-state index contributed by atoms with van der Waals surface area (Å²) in [4.78, 5) is 49.7. The van der Waals surface area contributed by atoms with E-state index >= 15 is 0 Å². The SMILES string of the molecule is COCCC(=O)N1CCC[C@H]1c1nc2c(c(=O)[nH]1)CCN(C(=O)c1cccs1)C2. The summed E-state index contributed by atoms with van der Waals surface area (Å²) in [6.07, 6.45) is 2.42. The fraction of sp³-hybridized carbons (Fsp3) is 0.500. The van der Waals surface area contributed by atoms with Crippen molar-refractivity contribution in [1.29, 1.82) is 0 Å². The molecule has 2 aromatic rings. The summed E-state index contributed by atoms with van der Waals surface area (Å²) < 4.78 is 5.01. The van der Waals surface area contributed by atoms with E-state index in [2.05, 4.69) is 4.98 Å². The third kappa shape index (κ3) is 3.97. The van der Waals surface area contributed by atoms with Crippen molar-refractivity contribution >= 4 is 23.2 Å². The van der Waals surface area contributed by atoms with Crippen molar-refractivity contribution in [3.05, 3.63) is 49.8 Å². The van der Waals surface area contributed by atoms with Crippen molar-refractivity contribution in [3.8, 4) is 0 Å². The molecule has 1 saturated heterocycles. The number of nitrogens with one attached hydrogen (secondary N) is 1. The van der Waals surface area contributed by atoms with Crippen LogP contribution in [0.1, 0.15) is 52.1 Å². The lowest BCUT2D eigenvalue weighted by atomic mass is 10.1. The van der Waals surface area contributed by atoms with Crippen LogP contribution in [0.4, 0.5) is 0 Å². The minimum atomic E-state index is -0.235. The maximum Gasteiger partial charge on any atom is 0.264 e. The number of methoxy groups -OCH3 is 1. The van der Waals surface area contributed by atoms with E-state index in [1.807, 2.05) is 11.4 Å². The Labute approximate surface area is 172 Å². The van der Waals surface area contributed by atoms with Gasteiger partial charge < -0.3 is 19.5 Å². The highest BCUT2D eigenvalue weighted by atomic mass is 32.1. The maximum atomic E-state index is 12.7. The van der Waals surface area contributed by atoms with Crippen molar-refractivity contribution in [2.75, 3.05) is 26.8 Å². The number of carbonyl (C=O) groups is 2. The molecule has 4 rings (SSSR count). The number of ether oxygens (including phenoxy) is 1. The first-order valence-corrected chi connectivity index (χ1v) is 10.7. The van der Waals surface area contributed by atoms with Crippen LogP contribution < -0.4 is 5.56 Å². The second kappa shape index (κ2) is 8.46. The number of H-pyrrole nitrogens is 1. The molecule has 8 nitrogen and oxygen atoms in total. The van der Waals surface area contributed by atoms with E-state index in [0.29, 0.717) is 61.0 Å². The van der Waals surface area contributed by atoms with E-state index in [1.165, 1.54) is 11.3 Å². The van der Waals surface area contributed by atoms with Crippen LogP contribution >= 0.6 is 11.3 Å². The molecule has 2 aromatic heterocycles. The second-order valence-electron chi connectivity index (χ2n) is 7.32. The molecular weight excluding hydrogens is 392 g/mol. The fourth-order valence-electron chi connectivity index (χ4n) is 4.03. The summed E-state index contributed by atoms with van der Waals surface area (Å²) in [7, 11) is 1.57. The van der Waals surface area contributed by atoms with Crippen molar-refractivity contribution in [2.24, 2.45) is 0 Å². The summed E-state index contributed by atoms with van der Waals surface area (Å²) in [5.41, 5.74) is 1.11. The number of amides is 2. The van der Waals surface area contributed by atoms with E-state index in [9.17, 15) is 14.4 Å². The Kier molecular flexibility index (Phi) is 5.77. The Morgan fingerprint density at radius 1 is 1.38 bits per heavy atom. The van der Waals surface area contributed by atoms with Gasteiger partial charge in [0.2, 0.25) is 5.91 Å². The van der Waals surface area contributed by atoms with Crippen molar-refractivity contribution < 1.29 is 14.3 Å². The molecule has 0 unspecified atom stereocenters. The van der Waals surface area contributed by atoms with Crippen molar-refractivity contribution in [2.45, 2.75) is 38.3 Å². The lowest BCUT2D eigenvalue weighted by Crippen LogP contribution is -2.40. The molecule has 2 aliphatic heterocycles. The Morgan fingerprint density at radius 3 is 3.00 bits per heavy atom. The number of hydrogen-bond donors (Lipinski definition) is 1. The molecule has 0 radical (unpaired) electrons. The van der Waals surface area contributed by atoms with Crippen LogP contribution in [0.25, 0.3) is 0 Å². The highest BCUT2D eigenvalue weighted by Crippen LogP contribution is 2.31. The van der Waals surface area contributed by atoms with Gasteiger partial charge in [-0.25, -0.2) is 4.98 Å². The maximum absolute atomic E-state index is 12.7. The standard InChI is InChI=1S/C20H24N4O4S/c1-28-10-7-17(25)24-8-2-4-15(24)18-21-14-12-23(9-6-13(14)19(26)22-18)20(27)16-5-3-11-29-16/h3,5,11,15H,2,4,6-10,12H2,1H3,(H,21,22,26)/t15-/m0/s1. The van der Waals surface area contributed by atoms with Gasteiger partial charge in [-0.2, -0.15) is 0 Å². The monoisotopic (exact) mass is 416 g/mol. The predicted octanol–water partition coefficient (Wildman–Crippen LogP) is 1.73. The molecule has 1 fully saturated rings. The largest absolute Gasteiger partial charge is 0.384 e. The quantitative estimate of drug-likeness (QED) is 0.801. The molecule has 0 spiro atoms. The smallest absolute Gasteiger partial charge is 0.264 e. The lowest BCUT2D eigenvalue weighted by Gasteiger charge is -2.29. The van der Waals surface area contributed by atoms with Gasteiger partial charge in [0.1, 0.15) is 5.82 Å². The third-order valence-electron chi connectivity index (χ3n) is 5.52.